The van der Waals surface area contributed by atoms with Gasteiger partial charge in [0.05, 0.1) is 11.3 Å². The number of phenolic OH excluding ortho intramolecular Hbond substituents is 1. The number of nitrogens with zero attached hydrogens (tertiary/aromatic N) is 1. The maximum atomic E-state index is 12.5. The molecule has 6 nitrogen and oxygen atoms in total. The van der Waals surface area contributed by atoms with Crippen molar-refractivity contribution in [2.45, 2.75) is 19.4 Å². The Hall–Kier alpha value is -2.24. The Balaban J connectivity index is 2.38. The van der Waals surface area contributed by atoms with Crippen LogP contribution in [0.3, 0.4) is 0 Å². The van der Waals surface area contributed by atoms with Crippen LogP contribution in [0.2, 0.25) is 0 Å². The minimum Gasteiger partial charge on any atom is -0.505 e. The molecule has 2 amide bonds. The van der Waals surface area contributed by atoms with Gasteiger partial charge in [-0.25, -0.2) is 0 Å². The molecule has 2 rings (SSSR count). The van der Waals surface area contributed by atoms with Crippen LogP contribution in [0.5, 0.6) is 5.75 Å². The van der Waals surface area contributed by atoms with Crippen molar-refractivity contribution in [2.24, 2.45) is 0 Å². The number of hydrogen-bond donors (Lipinski definition) is 3. The van der Waals surface area contributed by atoms with Crippen LogP contribution in [-0.2, 0) is 4.79 Å². The van der Waals surface area contributed by atoms with Gasteiger partial charge in [-0.15, -0.1) is 0 Å². The third-order valence-corrected chi connectivity index (χ3v) is 3.39. The number of amides is 2. The van der Waals surface area contributed by atoms with Gasteiger partial charge in [0.25, 0.3) is 5.91 Å². The molecule has 1 aromatic rings. The molecular weight excluding hydrogens is 246 g/mol. The minimum absolute atomic E-state index is 0.114. The Morgan fingerprint density at radius 3 is 2.84 bits per heavy atom. The molecule has 4 N–H and O–H groups in total. The van der Waals surface area contributed by atoms with E-state index in [9.17, 15) is 14.7 Å². The second-order valence-corrected chi connectivity index (χ2v) is 5.02. The van der Waals surface area contributed by atoms with E-state index in [0.717, 1.165) is 0 Å². The molecule has 0 radical (unpaired) electrons. The molecule has 6 heteroatoms. The van der Waals surface area contributed by atoms with E-state index in [4.69, 9.17) is 5.73 Å². The molecule has 0 saturated carbocycles. The molecule has 0 atom stereocenters. The molecule has 1 heterocycles. The van der Waals surface area contributed by atoms with Crippen molar-refractivity contribution >= 4 is 17.5 Å². The molecule has 0 unspecified atom stereocenters. The van der Waals surface area contributed by atoms with Crippen molar-refractivity contribution in [3.8, 4) is 5.75 Å². The quantitative estimate of drug-likeness (QED) is 0.502. The number of phenols is 1. The number of nitrogens with two attached hydrogens (primary N) is 1. The number of anilines is 1. The Morgan fingerprint density at radius 1 is 1.47 bits per heavy atom. The fraction of sp³-hybridized carbons (Fsp3) is 0.385. The smallest absolute Gasteiger partial charge is 0.258 e. The average molecular weight is 263 g/mol. The van der Waals surface area contributed by atoms with E-state index >= 15 is 0 Å². The third-order valence-electron chi connectivity index (χ3n) is 3.39. The van der Waals surface area contributed by atoms with E-state index in [1.807, 2.05) is 0 Å². The molecule has 1 aliphatic rings. The Bertz CT molecular complexity index is 540. The summed E-state index contributed by atoms with van der Waals surface area (Å²) in [5, 5.41) is 12.6. The number of piperazine rings is 1. The Kier molecular flexibility index (Phi) is 3.09. The summed E-state index contributed by atoms with van der Waals surface area (Å²) in [5.74, 6) is -0.852. The molecule has 0 aliphatic carbocycles. The average Bonchev–Trinajstić information content (AvgIpc) is 2.35. The summed E-state index contributed by atoms with van der Waals surface area (Å²) >= 11 is 0. The summed E-state index contributed by atoms with van der Waals surface area (Å²) in [5.41, 5.74) is 4.89. The van der Waals surface area contributed by atoms with Gasteiger partial charge in [-0.05, 0) is 26.0 Å². The summed E-state index contributed by atoms with van der Waals surface area (Å²) < 4.78 is 0. The summed E-state index contributed by atoms with van der Waals surface area (Å²) in [7, 11) is 0. The van der Waals surface area contributed by atoms with E-state index in [2.05, 4.69) is 5.32 Å². The van der Waals surface area contributed by atoms with Crippen molar-refractivity contribution < 1.29 is 14.7 Å². The van der Waals surface area contributed by atoms with Gasteiger partial charge in [-0.1, -0.05) is 6.07 Å². The number of benzene rings is 1. The van der Waals surface area contributed by atoms with Gasteiger partial charge in [-0.3, -0.25) is 9.59 Å². The normalized spacial score (nSPS) is 18.0. The summed E-state index contributed by atoms with van der Waals surface area (Å²) in [6.45, 7) is 4.13. The van der Waals surface area contributed by atoms with Crippen molar-refractivity contribution in [3.63, 3.8) is 0 Å². The number of aromatic hydroxyl groups is 1. The van der Waals surface area contributed by atoms with Gasteiger partial charge < -0.3 is 21.1 Å². The minimum atomic E-state index is -0.952. The fourth-order valence-electron chi connectivity index (χ4n) is 2.13. The highest BCUT2D eigenvalue weighted by molar-refractivity contribution is 6.02. The van der Waals surface area contributed by atoms with E-state index in [-0.39, 0.29) is 22.9 Å². The Labute approximate surface area is 111 Å². The van der Waals surface area contributed by atoms with Crippen molar-refractivity contribution in [2.75, 3.05) is 18.8 Å². The number of hydrogen-bond acceptors (Lipinski definition) is 4. The van der Waals surface area contributed by atoms with Crippen LogP contribution in [0.25, 0.3) is 0 Å². The molecule has 1 aliphatic heterocycles. The standard InChI is InChI=1S/C13H17N3O3/c1-13(2)12(19)15-6-7-16(13)11(18)8-4-3-5-9(14)10(8)17/h3-5,17H,6-7,14H2,1-2H3,(H,15,19). The first-order valence-electron chi connectivity index (χ1n) is 6.03. The van der Waals surface area contributed by atoms with Crippen LogP contribution in [0.1, 0.15) is 24.2 Å². The van der Waals surface area contributed by atoms with E-state index in [1.165, 1.54) is 17.0 Å². The predicted octanol–water partition coefficient (Wildman–Crippen LogP) is 0.325. The number of carbonyl (C=O) groups excluding carboxylic acids is 2. The summed E-state index contributed by atoms with van der Waals surface area (Å²) in [6, 6.07) is 4.61. The molecule has 0 aromatic heterocycles. The first-order valence-corrected chi connectivity index (χ1v) is 6.03. The third kappa shape index (κ3) is 2.09. The molecule has 0 spiro atoms. The number of carbonyl (C=O) groups is 2. The number of para-hydroxylation sites is 1. The molecule has 102 valence electrons. The van der Waals surface area contributed by atoms with Crippen LogP contribution in [0.15, 0.2) is 18.2 Å². The van der Waals surface area contributed by atoms with E-state index in [0.29, 0.717) is 13.1 Å². The lowest BCUT2D eigenvalue weighted by Gasteiger charge is -2.41. The zero-order chi connectivity index (χ0) is 14.2. The SMILES string of the molecule is CC1(C)C(=O)NCCN1C(=O)c1cccc(N)c1O. The monoisotopic (exact) mass is 263 g/mol. The maximum Gasteiger partial charge on any atom is 0.258 e. The second-order valence-electron chi connectivity index (χ2n) is 5.02. The van der Waals surface area contributed by atoms with Gasteiger partial charge in [0, 0.05) is 13.1 Å². The molecule has 0 bridgehead atoms. The number of nitrogen functional groups attached to an aromatic ring is 1. The van der Waals surface area contributed by atoms with Gasteiger partial charge in [-0.2, -0.15) is 0 Å². The largest absolute Gasteiger partial charge is 0.505 e. The molecule has 1 aromatic carbocycles. The second kappa shape index (κ2) is 4.46. The number of nitrogens with one attached hydrogen (secondary N) is 1. The van der Waals surface area contributed by atoms with Crippen molar-refractivity contribution in [3.05, 3.63) is 23.8 Å². The first kappa shape index (κ1) is 13.2. The highest BCUT2D eigenvalue weighted by Gasteiger charge is 2.41. The molecule has 1 saturated heterocycles. The molecule has 1 fully saturated rings. The van der Waals surface area contributed by atoms with E-state index in [1.54, 1.807) is 19.9 Å². The van der Waals surface area contributed by atoms with Crippen LogP contribution >= 0.6 is 0 Å². The van der Waals surface area contributed by atoms with Gasteiger partial charge in [0.15, 0.2) is 5.75 Å². The Morgan fingerprint density at radius 2 is 2.16 bits per heavy atom. The highest BCUT2D eigenvalue weighted by Crippen LogP contribution is 2.28. The highest BCUT2D eigenvalue weighted by atomic mass is 16.3. The maximum absolute atomic E-state index is 12.5. The van der Waals surface area contributed by atoms with Gasteiger partial charge in [0.2, 0.25) is 5.91 Å². The van der Waals surface area contributed by atoms with Crippen LogP contribution in [0, 0.1) is 0 Å². The topological polar surface area (TPSA) is 95.7 Å². The van der Waals surface area contributed by atoms with Crippen LogP contribution in [-0.4, -0.2) is 40.4 Å². The van der Waals surface area contributed by atoms with Crippen molar-refractivity contribution in [1.29, 1.82) is 0 Å². The summed E-state index contributed by atoms with van der Waals surface area (Å²) in [6.07, 6.45) is 0. The lowest BCUT2D eigenvalue weighted by molar-refractivity contribution is -0.133. The molecule has 19 heavy (non-hydrogen) atoms. The first-order chi connectivity index (χ1) is 8.85. The molecular formula is C13H17N3O3. The summed E-state index contributed by atoms with van der Waals surface area (Å²) in [4.78, 5) is 25.7. The van der Waals surface area contributed by atoms with Crippen LogP contribution < -0.4 is 11.1 Å². The fourth-order valence-corrected chi connectivity index (χ4v) is 2.13. The van der Waals surface area contributed by atoms with Crippen LogP contribution in [0.4, 0.5) is 5.69 Å². The van der Waals surface area contributed by atoms with Crippen molar-refractivity contribution in [1.82, 2.24) is 10.2 Å². The number of rotatable bonds is 1. The lowest BCUT2D eigenvalue weighted by Crippen LogP contribution is -2.63. The van der Waals surface area contributed by atoms with Gasteiger partial charge >= 0.3 is 0 Å². The predicted molar refractivity (Wildman–Crippen MR) is 70.6 cm³/mol. The zero-order valence-electron chi connectivity index (χ0n) is 10.9. The van der Waals surface area contributed by atoms with Gasteiger partial charge in [0.1, 0.15) is 5.54 Å². The lowest BCUT2D eigenvalue weighted by atomic mass is 9.97. The van der Waals surface area contributed by atoms with E-state index < -0.39 is 11.4 Å². The zero-order valence-corrected chi connectivity index (χ0v) is 10.9.